The van der Waals surface area contributed by atoms with Crippen molar-refractivity contribution in [2.45, 2.75) is 44.7 Å². The van der Waals surface area contributed by atoms with Gasteiger partial charge in [-0.05, 0) is 32.9 Å². The molecule has 2 heterocycles. The van der Waals surface area contributed by atoms with Gasteiger partial charge in [-0.1, -0.05) is 23.5 Å². The number of hydrogen-bond donors (Lipinski definition) is 3. The first kappa shape index (κ1) is 21.0. The fourth-order valence-electron chi connectivity index (χ4n) is 3.66. The Balaban J connectivity index is 2.12. The second-order valence-electron chi connectivity index (χ2n) is 7.86. The van der Waals surface area contributed by atoms with Crippen LogP contribution in [-0.2, 0) is 0 Å². The molecule has 1 amide bonds. The SMILES string of the molecule is CC(C)(C)N(C(=O)O)c1cc(C#N)cc(N2CCN3SCCC3(O)C2O)c1Cl. The first-order valence-electron chi connectivity index (χ1n) is 8.85. The summed E-state index contributed by atoms with van der Waals surface area (Å²) in [6, 6.07) is 4.96. The number of fused-ring (bicyclic) bond motifs is 1. The Labute approximate surface area is 173 Å². The third-order valence-corrected chi connectivity index (χ3v) is 6.56. The first-order valence-corrected chi connectivity index (χ1v) is 10.2. The van der Waals surface area contributed by atoms with E-state index < -0.39 is 23.6 Å². The van der Waals surface area contributed by atoms with Gasteiger partial charge >= 0.3 is 6.09 Å². The number of anilines is 2. The first-order chi connectivity index (χ1) is 13.0. The van der Waals surface area contributed by atoms with Crippen LogP contribution < -0.4 is 9.80 Å². The lowest BCUT2D eigenvalue weighted by atomic mass is 10.0. The number of piperazine rings is 1. The van der Waals surface area contributed by atoms with Crippen LogP contribution in [0.4, 0.5) is 16.2 Å². The number of aliphatic hydroxyl groups is 2. The predicted octanol–water partition coefficient (Wildman–Crippen LogP) is 2.68. The quantitative estimate of drug-likeness (QED) is 0.619. The second-order valence-corrected chi connectivity index (χ2v) is 9.35. The summed E-state index contributed by atoms with van der Waals surface area (Å²) in [5.41, 5.74) is -1.53. The van der Waals surface area contributed by atoms with Crippen molar-refractivity contribution in [2.75, 3.05) is 28.6 Å². The van der Waals surface area contributed by atoms with Crippen LogP contribution in [0.25, 0.3) is 0 Å². The molecule has 2 unspecified atom stereocenters. The van der Waals surface area contributed by atoms with Crippen LogP contribution in [0.5, 0.6) is 0 Å². The normalized spacial score (nSPS) is 25.3. The van der Waals surface area contributed by atoms with Gasteiger partial charge in [-0.3, -0.25) is 4.90 Å². The zero-order valence-electron chi connectivity index (χ0n) is 15.9. The van der Waals surface area contributed by atoms with Crippen molar-refractivity contribution < 1.29 is 20.1 Å². The summed E-state index contributed by atoms with van der Waals surface area (Å²) < 4.78 is 1.76. The van der Waals surface area contributed by atoms with E-state index in [1.54, 1.807) is 25.1 Å². The van der Waals surface area contributed by atoms with E-state index >= 15 is 0 Å². The third kappa shape index (κ3) is 3.40. The third-order valence-electron chi connectivity index (χ3n) is 4.98. The Hall–Kier alpha value is -1.70. The minimum absolute atomic E-state index is 0.109. The van der Waals surface area contributed by atoms with Crippen molar-refractivity contribution >= 4 is 41.0 Å². The molecule has 152 valence electrons. The van der Waals surface area contributed by atoms with Crippen LogP contribution in [0, 0.1) is 11.3 Å². The lowest BCUT2D eigenvalue weighted by Gasteiger charge is -2.48. The Morgan fingerprint density at radius 1 is 1.43 bits per heavy atom. The number of halogens is 1. The topological polar surface area (TPSA) is 111 Å². The van der Waals surface area contributed by atoms with Crippen LogP contribution in [0.15, 0.2) is 12.1 Å². The van der Waals surface area contributed by atoms with Gasteiger partial charge in [0, 0.05) is 30.8 Å². The minimum atomic E-state index is -1.43. The number of nitrogens with zero attached hydrogens (tertiary/aromatic N) is 4. The number of benzene rings is 1. The van der Waals surface area contributed by atoms with E-state index in [4.69, 9.17) is 11.6 Å². The number of amides is 1. The van der Waals surface area contributed by atoms with E-state index in [9.17, 15) is 25.4 Å². The Morgan fingerprint density at radius 2 is 2.11 bits per heavy atom. The molecule has 0 aromatic heterocycles. The highest BCUT2D eigenvalue weighted by atomic mass is 35.5. The molecule has 0 saturated carbocycles. The van der Waals surface area contributed by atoms with Crippen molar-refractivity contribution in [2.24, 2.45) is 0 Å². The van der Waals surface area contributed by atoms with Crippen LogP contribution >= 0.6 is 23.5 Å². The molecule has 28 heavy (non-hydrogen) atoms. The number of carbonyl (C=O) groups is 1. The molecule has 0 spiro atoms. The zero-order chi connectivity index (χ0) is 20.9. The lowest BCUT2D eigenvalue weighted by molar-refractivity contribution is -0.150. The summed E-state index contributed by atoms with van der Waals surface area (Å²) in [5.74, 6) is 0.690. The molecule has 3 rings (SSSR count). The Morgan fingerprint density at radius 3 is 2.68 bits per heavy atom. The van der Waals surface area contributed by atoms with Crippen molar-refractivity contribution in [3.8, 4) is 6.07 Å². The van der Waals surface area contributed by atoms with Gasteiger partial charge in [-0.15, -0.1) is 0 Å². The van der Waals surface area contributed by atoms with Gasteiger partial charge in [-0.25, -0.2) is 9.10 Å². The van der Waals surface area contributed by atoms with E-state index in [0.29, 0.717) is 31.0 Å². The number of rotatable bonds is 2. The van der Waals surface area contributed by atoms with Crippen LogP contribution in [-0.4, -0.2) is 62.1 Å². The molecule has 0 bridgehead atoms. The molecule has 8 nitrogen and oxygen atoms in total. The number of aliphatic hydroxyl groups excluding tert-OH is 1. The number of nitriles is 1. The highest BCUT2D eigenvalue weighted by Crippen LogP contribution is 2.45. The fourth-order valence-corrected chi connectivity index (χ4v) is 5.20. The van der Waals surface area contributed by atoms with E-state index in [2.05, 4.69) is 0 Å². The van der Waals surface area contributed by atoms with Gasteiger partial charge in [0.05, 0.1) is 28.0 Å². The molecule has 1 aromatic rings. The molecule has 2 fully saturated rings. The number of hydrogen-bond acceptors (Lipinski definition) is 7. The van der Waals surface area contributed by atoms with Gasteiger partial charge in [0.2, 0.25) is 0 Å². The predicted molar refractivity (Wildman–Crippen MR) is 109 cm³/mol. The molecule has 0 aliphatic carbocycles. The molecule has 2 saturated heterocycles. The minimum Gasteiger partial charge on any atom is -0.465 e. The average molecular weight is 427 g/mol. The van der Waals surface area contributed by atoms with Crippen LogP contribution in [0.1, 0.15) is 32.8 Å². The fraction of sp³-hybridized carbons (Fsp3) is 0.556. The summed E-state index contributed by atoms with van der Waals surface area (Å²) in [7, 11) is 0. The Bertz CT molecular complexity index is 840. The van der Waals surface area contributed by atoms with Crippen LogP contribution in [0.3, 0.4) is 0 Å². The molecule has 2 atom stereocenters. The summed E-state index contributed by atoms with van der Waals surface area (Å²) in [6.45, 7) is 6.03. The van der Waals surface area contributed by atoms with Crippen LogP contribution in [0.2, 0.25) is 5.02 Å². The molecule has 10 heteroatoms. The smallest absolute Gasteiger partial charge is 0.412 e. The van der Waals surface area contributed by atoms with E-state index in [1.807, 2.05) is 6.07 Å². The molecule has 3 N–H and O–H groups in total. The number of carboxylic acid groups (broad SMARTS) is 1. The maximum Gasteiger partial charge on any atom is 0.412 e. The molecule has 2 aliphatic rings. The summed E-state index contributed by atoms with van der Waals surface area (Å²) in [4.78, 5) is 14.6. The molecular formula is C18H23ClN4O4S. The van der Waals surface area contributed by atoms with Crippen molar-refractivity contribution in [3.63, 3.8) is 0 Å². The standard InChI is InChI=1S/C18H23ClN4O4S/c1-17(2,3)23(16(25)26)13-9-11(10-20)8-12(14(13)19)21-5-6-22-18(27,15(21)24)4-7-28-22/h8-9,15,24,27H,4-7H2,1-3H3,(H,25,26). The highest BCUT2D eigenvalue weighted by molar-refractivity contribution is 7.97. The second kappa shape index (κ2) is 7.28. The van der Waals surface area contributed by atoms with Crippen molar-refractivity contribution in [1.82, 2.24) is 4.31 Å². The largest absolute Gasteiger partial charge is 0.465 e. The Kier molecular flexibility index (Phi) is 5.47. The maximum absolute atomic E-state index is 11.9. The van der Waals surface area contributed by atoms with Gasteiger partial charge in [0.1, 0.15) is 0 Å². The summed E-state index contributed by atoms with van der Waals surface area (Å²) in [6.07, 6.45) is -2.07. The highest BCUT2D eigenvalue weighted by Gasteiger charge is 2.52. The van der Waals surface area contributed by atoms with Gasteiger partial charge < -0.3 is 20.2 Å². The van der Waals surface area contributed by atoms with E-state index in [0.717, 1.165) is 4.90 Å². The molecular weight excluding hydrogens is 404 g/mol. The monoisotopic (exact) mass is 426 g/mol. The summed E-state index contributed by atoms with van der Waals surface area (Å²) in [5, 5.41) is 41.1. The van der Waals surface area contributed by atoms with E-state index in [1.165, 1.54) is 29.0 Å². The maximum atomic E-state index is 11.9. The van der Waals surface area contributed by atoms with Gasteiger partial charge in [0.15, 0.2) is 12.0 Å². The molecule has 0 radical (unpaired) electrons. The summed E-state index contributed by atoms with van der Waals surface area (Å²) >= 11 is 8.08. The van der Waals surface area contributed by atoms with E-state index in [-0.39, 0.29) is 16.3 Å². The average Bonchev–Trinajstić information content (AvgIpc) is 2.99. The molecule has 2 aliphatic heterocycles. The zero-order valence-corrected chi connectivity index (χ0v) is 17.5. The lowest BCUT2D eigenvalue weighted by Crippen LogP contribution is -2.64. The van der Waals surface area contributed by atoms with Gasteiger partial charge in [-0.2, -0.15) is 5.26 Å². The van der Waals surface area contributed by atoms with Gasteiger partial charge in [0.25, 0.3) is 0 Å². The van der Waals surface area contributed by atoms with Crippen molar-refractivity contribution in [3.05, 3.63) is 22.7 Å². The van der Waals surface area contributed by atoms with Crippen molar-refractivity contribution in [1.29, 1.82) is 5.26 Å². The molecule has 1 aromatic carbocycles.